The third kappa shape index (κ3) is 6.39. The fourth-order valence-corrected chi connectivity index (χ4v) is 1.43. The second-order valence-electron chi connectivity index (χ2n) is 4.16. The number of carbonyl (C=O) groups is 3. The van der Waals surface area contributed by atoms with Gasteiger partial charge in [0.25, 0.3) is 0 Å². The maximum absolute atomic E-state index is 12.4. The number of carbonyl (C=O) groups excluding carboxylic acids is 3. The first kappa shape index (κ1) is 18.2. The van der Waals surface area contributed by atoms with E-state index in [1.807, 2.05) is 0 Å². The lowest BCUT2D eigenvalue weighted by Gasteiger charge is -2.25. The van der Waals surface area contributed by atoms with Gasteiger partial charge >= 0.3 is 18.1 Å². The Bertz CT molecular complexity index is 371. The van der Waals surface area contributed by atoms with Gasteiger partial charge < -0.3 is 15.0 Å². The van der Waals surface area contributed by atoms with E-state index in [1.54, 1.807) is 0 Å². The van der Waals surface area contributed by atoms with Crippen LogP contribution in [0.4, 0.5) is 13.2 Å². The van der Waals surface area contributed by atoms with Crippen LogP contribution in [-0.4, -0.2) is 55.6 Å². The summed E-state index contributed by atoms with van der Waals surface area (Å²) in [7, 11) is 1.10. The lowest BCUT2D eigenvalue weighted by atomic mass is 10.1. The van der Waals surface area contributed by atoms with Crippen molar-refractivity contribution in [2.45, 2.75) is 20.0 Å². The van der Waals surface area contributed by atoms with Crippen LogP contribution in [0.15, 0.2) is 0 Å². The predicted molar refractivity (Wildman–Crippen MR) is 62.5 cm³/mol. The Morgan fingerprint density at radius 2 is 1.85 bits per heavy atom. The number of rotatable bonds is 6. The quantitative estimate of drug-likeness (QED) is 0.717. The average molecular weight is 298 g/mol. The fourth-order valence-electron chi connectivity index (χ4n) is 1.43. The highest BCUT2D eigenvalue weighted by Crippen LogP contribution is 2.19. The number of hydrogen-bond acceptors (Lipinski definition) is 4. The van der Waals surface area contributed by atoms with Gasteiger partial charge in [0.2, 0.25) is 5.91 Å². The zero-order valence-electron chi connectivity index (χ0n) is 11.4. The Labute approximate surface area is 114 Å². The van der Waals surface area contributed by atoms with Crippen LogP contribution in [0, 0.1) is 5.92 Å². The summed E-state index contributed by atoms with van der Waals surface area (Å²) >= 11 is 0. The Balaban J connectivity index is 4.74. The molecule has 0 aromatic rings. The monoisotopic (exact) mass is 298 g/mol. The van der Waals surface area contributed by atoms with Crippen LogP contribution < -0.4 is 5.32 Å². The summed E-state index contributed by atoms with van der Waals surface area (Å²) in [5.74, 6) is -4.10. The van der Waals surface area contributed by atoms with Crippen molar-refractivity contribution >= 4 is 17.8 Å². The molecule has 0 heterocycles. The molecule has 0 saturated carbocycles. The highest BCUT2D eigenvalue weighted by Gasteiger charge is 2.43. The summed E-state index contributed by atoms with van der Waals surface area (Å²) in [6.07, 6.45) is -5.04. The Hall–Kier alpha value is -1.80. The van der Waals surface area contributed by atoms with Crippen molar-refractivity contribution in [1.82, 2.24) is 10.2 Å². The van der Waals surface area contributed by atoms with E-state index in [2.05, 4.69) is 10.1 Å². The normalized spacial score (nSPS) is 12.5. The number of hydrogen-bond donors (Lipinski definition) is 1. The lowest BCUT2D eigenvalue weighted by Crippen LogP contribution is -2.47. The van der Waals surface area contributed by atoms with Crippen LogP contribution in [0.3, 0.4) is 0 Å². The maximum atomic E-state index is 12.4. The van der Waals surface area contributed by atoms with Crippen molar-refractivity contribution in [3.05, 3.63) is 0 Å². The minimum absolute atomic E-state index is 0.134. The van der Waals surface area contributed by atoms with Gasteiger partial charge in [0.05, 0.1) is 13.0 Å². The zero-order chi connectivity index (χ0) is 15.9. The molecule has 20 heavy (non-hydrogen) atoms. The zero-order valence-corrected chi connectivity index (χ0v) is 11.4. The molecule has 1 unspecified atom stereocenters. The van der Waals surface area contributed by atoms with Crippen molar-refractivity contribution in [3.8, 4) is 0 Å². The number of amides is 2. The first-order chi connectivity index (χ1) is 9.09. The summed E-state index contributed by atoms with van der Waals surface area (Å²) in [6.45, 7) is 1.63. The van der Waals surface area contributed by atoms with E-state index in [1.165, 1.54) is 13.8 Å². The molecule has 1 atom stereocenters. The van der Waals surface area contributed by atoms with Gasteiger partial charge in [-0.2, -0.15) is 13.2 Å². The van der Waals surface area contributed by atoms with Crippen molar-refractivity contribution < 1.29 is 32.3 Å². The first-order valence-electron chi connectivity index (χ1n) is 5.78. The van der Waals surface area contributed by atoms with Crippen molar-refractivity contribution in [1.29, 1.82) is 0 Å². The van der Waals surface area contributed by atoms with Gasteiger partial charge in [-0.15, -0.1) is 0 Å². The number of ether oxygens (including phenoxy) is 1. The van der Waals surface area contributed by atoms with Gasteiger partial charge in [-0.25, -0.2) is 0 Å². The molecule has 0 aliphatic carbocycles. The van der Waals surface area contributed by atoms with E-state index in [0.717, 1.165) is 7.11 Å². The maximum Gasteiger partial charge on any atom is 0.471 e. The van der Waals surface area contributed by atoms with Crippen LogP contribution in [0.25, 0.3) is 0 Å². The molecule has 0 fully saturated rings. The number of methoxy groups -OCH3 is 1. The smallest absolute Gasteiger partial charge is 0.469 e. The Morgan fingerprint density at radius 1 is 1.30 bits per heavy atom. The van der Waals surface area contributed by atoms with Gasteiger partial charge in [-0.05, 0) is 0 Å². The average Bonchev–Trinajstić information content (AvgIpc) is 2.33. The van der Waals surface area contributed by atoms with Crippen LogP contribution in [-0.2, 0) is 19.1 Å². The summed E-state index contributed by atoms with van der Waals surface area (Å²) in [6, 6.07) is 0. The van der Waals surface area contributed by atoms with Crippen LogP contribution >= 0.6 is 0 Å². The van der Waals surface area contributed by atoms with Crippen LogP contribution in [0.2, 0.25) is 0 Å². The Kier molecular flexibility index (Phi) is 7.01. The van der Waals surface area contributed by atoms with E-state index in [-0.39, 0.29) is 13.1 Å². The third-order valence-electron chi connectivity index (χ3n) is 2.38. The number of nitrogens with one attached hydrogen (secondary N) is 1. The van der Waals surface area contributed by atoms with E-state index in [9.17, 15) is 27.6 Å². The molecule has 0 aromatic carbocycles. The predicted octanol–water partition coefficient (Wildman–Crippen LogP) is 0.322. The van der Waals surface area contributed by atoms with Crippen LogP contribution in [0.5, 0.6) is 0 Å². The van der Waals surface area contributed by atoms with E-state index in [4.69, 9.17) is 0 Å². The molecule has 0 aliphatic rings. The number of nitrogens with zero attached hydrogens (tertiary/aromatic N) is 1. The summed E-state index contributed by atoms with van der Waals surface area (Å²) < 4.78 is 41.7. The van der Waals surface area contributed by atoms with E-state index >= 15 is 0 Å². The minimum Gasteiger partial charge on any atom is -0.469 e. The molecule has 6 nitrogen and oxygen atoms in total. The summed E-state index contributed by atoms with van der Waals surface area (Å²) in [5.41, 5.74) is 0. The van der Waals surface area contributed by atoms with Gasteiger partial charge in [-0.1, -0.05) is 6.92 Å². The van der Waals surface area contributed by atoms with Crippen LogP contribution in [0.1, 0.15) is 13.8 Å². The largest absolute Gasteiger partial charge is 0.471 e. The molecule has 1 N–H and O–H groups in total. The van der Waals surface area contributed by atoms with Crippen molar-refractivity contribution in [2.24, 2.45) is 5.92 Å². The van der Waals surface area contributed by atoms with E-state index in [0.29, 0.717) is 4.90 Å². The highest BCUT2D eigenvalue weighted by atomic mass is 19.4. The number of esters is 1. The Morgan fingerprint density at radius 3 is 2.25 bits per heavy atom. The minimum atomic E-state index is -5.04. The standard InChI is InChI=1S/C11H17F3N2O4/c1-7(9(18)20-3)6-16(5-4-15-8(2)17)10(19)11(12,13)14/h7H,4-6H2,1-3H3,(H,15,17). The molecule has 2 amide bonds. The van der Waals surface area contributed by atoms with E-state index < -0.39 is 36.4 Å². The first-order valence-corrected chi connectivity index (χ1v) is 5.78. The van der Waals surface area contributed by atoms with Gasteiger partial charge in [0.15, 0.2) is 0 Å². The van der Waals surface area contributed by atoms with Crippen molar-refractivity contribution in [3.63, 3.8) is 0 Å². The molecular formula is C11H17F3N2O4. The molecule has 0 aromatic heterocycles. The molecule has 0 radical (unpaired) electrons. The van der Waals surface area contributed by atoms with Gasteiger partial charge in [0, 0.05) is 26.6 Å². The molecule has 0 rings (SSSR count). The van der Waals surface area contributed by atoms with Gasteiger partial charge in [-0.3, -0.25) is 14.4 Å². The fraction of sp³-hybridized carbons (Fsp3) is 0.727. The lowest BCUT2D eigenvalue weighted by molar-refractivity contribution is -0.186. The second-order valence-corrected chi connectivity index (χ2v) is 4.16. The third-order valence-corrected chi connectivity index (χ3v) is 2.38. The molecule has 116 valence electrons. The SMILES string of the molecule is COC(=O)C(C)CN(CCNC(C)=O)C(=O)C(F)(F)F. The molecule has 0 spiro atoms. The summed E-state index contributed by atoms with van der Waals surface area (Å²) in [4.78, 5) is 33.5. The molecule has 0 bridgehead atoms. The molecule has 9 heteroatoms. The molecule has 0 saturated heterocycles. The topological polar surface area (TPSA) is 75.7 Å². The molecule has 0 aliphatic heterocycles. The summed E-state index contributed by atoms with van der Waals surface area (Å²) in [5, 5.41) is 2.28. The van der Waals surface area contributed by atoms with Crippen molar-refractivity contribution in [2.75, 3.05) is 26.7 Å². The van der Waals surface area contributed by atoms with Gasteiger partial charge in [0.1, 0.15) is 0 Å². The number of halogens is 3. The highest BCUT2D eigenvalue weighted by molar-refractivity contribution is 5.82. The number of alkyl halides is 3. The second kappa shape index (κ2) is 7.71. The molecular weight excluding hydrogens is 281 g/mol.